The monoisotopic (exact) mass is 269 g/mol. The van der Waals surface area contributed by atoms with Crippen LogP contribution >= 0.6 is 0 Å². The lowest BCUT2D eigenvalue weighted by Gasteiger charge is -2.09. The zero-order valence-corrected chi connectivity index (χ0v) is 10.6. The first-order chi connectivity index (χ1) is 8.38. The number of hydrogen-bond donors (Lipinski definition) is 0. The molecule has 0 saturated carbocycles. The van der Waals surface area contributed by atoms with Crippen LogP contribution in [0, 0.1) is 0 Å². The van der Waals surface area contributed by atoms with Gasteiger partial charge in [-0.05, 0) is 26.0 Å². The molecule has 0 spiro atoms. The second kappa shape index (κ2) is 5.57. The van der Waals surface area contributed by atoms with Gasteiger partial charge in [-0.1, -0.05) is 16.5 Å². The minimum atomic E-state index is -4.22. The summed E-state index contributed by atoms with van der Waals surface area (Å²) in [6.07, 6.45) is 0.562. The van der Waals surface area contributed by atoms with Gasteiger partial charge in [0.1, 0.15) is 4.90 Å². The summed E-state index contributed by atoms with van der Waals surface area (Å²) < 4.78 is 30.8. The van der Waals surface area contributed by atoms with Gasteiger partial charge < -0.3 is 4.74 Å². The topological polar surface area (TPSA) is 89.9 Å². The molecule has 0 atom stereocenters. The lowest BCUT2D eigenvalue weighted by molar-refractivity contribution is 0.0373. The van der Waals surface area contributed by atoms with Gasteiger partial charge in [0, 0.05) is 0 Å². The van der Waals surface area contributed by atoms with Gasteiger partial charge in [-0.15, -0.1) is 0 Å². The third-order valence-corrected chi connectivity index (χ3v) is 3.11. The molecule has 0 bridgehead atoms. The second-order valence-corrected chi connectivity index (χ2v) is 5.18. The normalized spacial score (nSPS) is 10.8. The molecule has 0 N–H and O–H groups in total. The Morgan fingerprint density at radius 3 is 2.50 bits per heavy atom. The summed E-state index contributed by atoms with van der Waals surface area (Å²) in [5.41, 5.74) is -0.162. The van der Waals surface area contributed by atoms with Gasteiger partial charge in [-0.2, -0.15) is 8.42 Å². The maximum atomic E-state index is 11.7. The summed E-state index contributed by atoms with van der Waals surface area (Å²) >= 11 is 0. The number of carbonyl (C=O) groups excluding carboxylic acids is 2. The Bertz CT molecular complexity index is 600. The summed E-state index contributed by atoms with van der Waals surface area (Å²) in [6, 6.07) is 5.37. The molecular formula is C11H11NO5S. The van der Waals surface area contributed by atoms with E-state index in [0.29, 0.717) is 0 Å². The van der Waals surface area contributed by atoms with Crippen LogP contribution in [0.3, 0.4) is 0 Å². The van der Waals surface area contributed by atoms with Crippen LogP contribution in [0.2, 0.25) is 0 Å². The van der Waals surface area contributed by atoms with Crippen molar-refractivity contribution in [2.24, 2.45) is 4.40 Å². The number of carbonyl (C=O) groups is 1. The number of isocyanates is 1. The van der Waals surface area contributed by atoms with Crippen LogP contribution in [0.5, 0.6) is 0 Å². The smallest absolute Gasteiger partial charge is 0.339 e. The number of esters is 1. The minimum absolute atomic E-state index is 0.162. The molecule has 1 aromatic rings. The average Bonchev–Trinajstić information content (AvgIpc) is 2.28. The first-order valence-corrected chi connectivity index (χ1v) is 6.46. The predicted octanol–water partition coefficient (Wildman–Crippen LogP) is 1.28. The number of hydrogen-bond acceptors (Lipinski definition) is 5. The molecule has 0 aliphatic rings. The highest BCUT2D eigenvalue weighted by atomic mass is 32.2. The van der Waals surface area contributed by atoms with Crippen LogP contribution in [-0.4, -0.2) is 26.6 Å². The zero-order valence-electron chi connectivity index (χ0n) is 9.78. The van der Waals surface area contributed by atoms with Crippen LogP contribution in [0.1, 0.15) is 24.2 Å². The Kier molecular flexibility index (Phi) is 4.36. The van der Waals surface area contributed by atoms with E-state index >= 15 is 0 Å². The Hall–Kier alpha value is -1.98. The molecule has 0 aliphatic heterocycles. The maximum Gasteiger partial charge on any atom is 0.339 e. The highest BCUT2D eigenvalue weighted by Crippen LogP contribution is 2.18. The van der Waals surface area contributed by atoms with Gasteiger partial charge in [0.05, 0.1) is 11.7 Å². The first kappa shape index (κ1) is 14.1. The number of rotatable bonds is 4. The van der Waals surface area contributed by atoms with Gasteiger partial charge in [0.25, 0.3) is 16.1 Å². The number of ether oxygens (including phenoxy) is 1. The lowest BCUT2D eigenvalue weighted by atomic mass is 10.2. The third-order valence-electron chi connectivity index (χ3n) is 1.89. The van der Waals surface area contributed by atoms with Crippen molar-refractivity contribution in [2.45, 2.75) is 24.8 Å². The maximum absolute atomic E-state index is 11.7. The summed E-state index contributed by atoms with van der Waals surface area (Å²) in [5, 5.41) is 0. The molecular weight excluding hydrogens is 258 g/mol. The van der Waals surface area contributed by atoms with Crippen molar-refractivity contribution in [1.29, 1.82) is 0 Å². The molecule has 0 amide bonds. The largest absolute Gasteiger partial charge is 0.459 e. The van der Waals surface area contributed by atoms with Crippen molar-refractivity contribution in [1.82, 2.24) is 0 Å². The van der Waals surface area contributed by atoms with Crippen molar-refractivity contribution in [3.05, 3.63) is 29.8 Å². The fourth-order valence-electron chi connectivity index (χ4n) is 1.24. The fraction of sp³-hybridized carbons (Fsp3) is 0.273. The van der Waals surface area contributed by atoms with Gasteiger partial charge in [0.15, 0.2) is 0 Å². The van der Waals surface area contributed by atoms with Crippen LogP contribution in [0.4, 0.5) is 0 Å². The highest BCUT2D eigenvalue weighted by Gasteiger charge is 2.23. The second-order valence-electron chi connectivity index (χ2n) is 3.61. The minimum Gasteiger partial charge on any atom is -0.459 e. The summed E-state index contributed by atoms with van der Waals surface area (Å²) in [6.45, 7) is 3.27. The molecule has 0 aliphatic carbocycles. The molecule has 0 unspecified atom stereocenters. The molecule has 0 heterocycles. The van der Waals surface area contributed by atoms with Crippen LogP contribution in [0.25, 0.3) is 0 Å². The molecule has 0 radical (unpaired) electrons. The average molecular weight is 269 g/mol. The third kappa shape index (κ3) is 3.26. The molecule has 0 aromatic heterocycles. The molecule has 0 saturated heterocycles. The van der Waals surface area contributed by atoms with Crippen molar-refractivity contribution in [2.75, 3.05) is 0 Å². The van der Waals surface area contributed by atoms with E-state index in [9.17, 15) is 18.0 Å². The van der Waals surface area contributed by atoms with Crippen molar-refractivity contribution >= 4 is 22.1 Å². The lowest BCUT2D eigenvalue weighted by Crippen LogP contribution is -2.14. The number of benzene rings is 1. The van der Waals surface area contributed by atoms with E-state index in [-0.39, 0.29) is 16.6 Å². The van der Waals surface area contributed by atoms with E-state index in [1.807, 2.05) is 0 Å². The summed E-state index contributed by atoms with van der Waals surface area (Å²) in [7, 11) is -4.22. The van der Waals surface area contributed by atoms with E-state index in [4.69, 9.17) is 4.74 Å². The molecule has 6 nitrogen and oxygen atoms in total. The Morgan fingerprint density at radius 2 is 1.94 bits per heavy atom. The first-order valence-electron chi connectivity index (χ1n) is 5.02. The van der Waals surface area contributed by atoms with E-state index in [2.05, 4.69) is 4.40 Å². The van der Waals surface area contributed by atoms with E-state index in [0.717, 1.165) is 6.08 Å². The number of nitrogens with zero attached hydrogens (tertiary/aromatic N) is 1. The van der Waals surface area contributed by atoms with Crippen molar-refractivity contribution in [3.63, 3.8) is 0 Å². The molecule has 96 valence electrons. The van der Waals surface area contributed by atoms with Crippen molar-refractivity contribution < 1.29 is 22.7 Å². The summed E-state index contributed by atoms with van der Waals surface area (Å²) in [4.78, 5) is 21.4. The highest BCUT2D eigenvalue weighted by molar-refractivity contribution is 7.90. The van der Waals surface area contributed by atoms with E-state index in [1.54, 1.807) is 13.8 Å². The van der Waals surface area contributed by atoms with Gasteiger partial charge in [0.2, 0.25) is 0 Å². The van der Waals surface area contributed by atoms with Crippen LogP contribution in [0.15, 0.2) is 33.6 Å². The van der Waals surface area contributed by atoms with E-state index in [1.165, 1.54) is 24.3 Å². The fourth-order valence-corrected chi connectivity index (χ4v) is 2.11. The SMILES string of the molecule is CC(C)OC(=O)c1ccccc1S(=O)(=O)N=C=O. The van der Waals surface area contributed by atoms with Crippen molar-refractivity contribution in [3.8, 4) is 0 Å². The van der Waals surface area contributed by atoms with Crippen LogP contribution in [-0.2, 0) is 19.6 Å². The molecule has 1 rings (SSSR count). The molecule has 18 heavy (non-hydrogen) atoms. The van der Waals surface area contributed by atoms with Gasteiger partial charge in [-0.25, -0.2) is 9.59 Å². The van der Waals surface area contributed by atoms with E-state index < -0.39 is 16.0 Å². The molecule has 0 fully saturated rings. The van der Waals surface area contributed by atoms with Gasteiger partial charge >= 0.3 is 5.97 Å². The predicted molar refractivity (Wildman–Crippen MR) is 62.3 cm³/mol. The van der Waals surface area contributed by atoms with Gasteiger partial charge in [-0.3, -0.25) is 0 Å². The van der Waals surface area contributed by atoms with Crippen LogP contribution < -0.4 is 0 Å². The number of sulfonamides is 1. The quantitative estimate of drug-likeness (QED) is 0.466. The Balaban J connectivity index is 3.32. The Labute approximate surface area is 104 Å². The zero-order chi connectivity index (χ0) is 13.8. The Morgan fingerprint density at radius 1 is 1.33 bits per heavy atom. The molecule has 1 aromatic carbocycles. The standard InChI is InChI=1S/C11H11NO5S/c1-8(2)17-11(14)9-5-3-4-6-10(9)18(15,16)12-7-13/h3-6,8H,1-2H3. The molecule has 7 heteroatoms. The summed E-state index contributed by atoms with van der Waals surface area (Å²) in [5.74, 6) is -0.787.